The average molecular weight is 358 g/mol. The van der Waals surface area contributed by atoms with Crippen LogP contribution in [-0.2, 0) is 7.05 Å². The second kappa shape index (κ2) is 5.77. The molecular formula is C22H17FN3O+. The number of furan rings is 1. The molecule has 0 radical (unpaired) electrons. The van der Waals surface area contributed by atoms with Gasteiger partial charge < -0.3 is 4.42 Å². The summed E-state index contributed by atoms with van der Waals surface area (Å²) < 4.78 is 23.8. The van der Waals surface area contributed by atoms with Gasteiger partial charge in [-0.3, -0.25) is 0 Å². The molecule has 4 nitrogen and oxygen atoms in total. The third-order valence-corrected chi connectivity index (χ3v) is 4.94. The lowest BCUT2D eigenvalue weighted by atomic mass is 10.0. The van der Waals surface area contributed by atoms with Gasteiger partial charge in [0.1, 0.15) is 23.6 Å². The molecule has 2 aromatic carbocycles. The van der Waals surface area contributed by atoms with Gasteiger partial charge in [-0.25, -0.2) is 4.57 Å². The first kappa shape index (κ1) is 15.8. The highest BCUT2D eigenvalue weighted by atomic mass is 19.1. The zero-order valence-electron chi connectivity index (χ0n) is 15.0. The van der Waals surface area contributed by atoms with Crippen molar-refractivity contribution < 1.29 is 13.4 Å². The average Bonchev–Trinajstić information content (AvgIpc) is 3.22. The lowest BCUT2D eigenvalue weighted by Crippen LogP contribution is -2.29. The van der Waals surface area contributed by atoms with Crippen LogP contribution in [0.4, 0.5) is 4.39 Å². The van der Waals surface area contributed by atoms with Gasteiger partial charge in [-0.1, -0.05) is 30.3 Å². The summed E-state index contributed by atoms with van der Waals surface area (Å²) in [6.45, 7) is 2.05. The molecule has 0 bridgehead atoms. The van der Waals surface area contributed by atoms with Crippen LogP contribution in [0.5, 0.6) is 0 Å². The van der Waals surface area contributed by atoms with E-state index in [1.54, 1.807) is 6.07 Å². The number of aromatic nitrogens is 3. The van der Waals surface area contributed by atoms with Crippen LogP contribution < -0.4 is 4.57 Å². The number of halogens is 1. The second-order valence-electron chi connectivity index (χ2n) is 6.66. The summed E-state index contributed by atoms with van der Waals surface area (Å²) >= 11 is 0. The number of hydrogen-bond donors (Lipinski definition) is 0. The van der Waals surface area contributed by atoms with Gasteiger partial charge in [0.2, 0.25) is 11.7 Å². The maximum atomic E-state index is 13.6. The van der Waals surface area contributed by atoms with Crippen molar-refractivity contribution in [1.29, 1.82) is 0 Å². The van der Waals surface area contributed by atoms with Crippen LogP contribution in [0.3, 0.4) is 0 Å². The van der Waals surface area contributed by atoms with Crippen molar-refractivity contribution in [1.82, 2.24) is 9.55 Å². The molecule has 0 saturated carbocycles. The quantitative estimate of drug-likeness (QED) is 0.338. The summed E-state index contributed by atoms with van der Waals surface area (Å²) in [7, 11) is 2.01. The van der Waals surface area contributed by atoms with E-state index in [1.165, 1.54) is 6.07 Å². The highest BCUT2D eigenvalue weighted by Crippen LogP contribution is 2.36. The Morgan fingerprint density at radius 3 is 2.59 bits per heavy atom. The van der Waals surface area contributed by atoms with Crippen LogP contribution in [0, 0.1) is 12.9 Å². The molecule has 3 heterocycles. The fraction of sp³-hybridized carbons (Fsp3) is 0.0909. The molecule has 5 heteroatoms. The minimum atomic E-state index is -0.543. The number of imidazole rings is 1. The topological polar surface area (TPSA) is 34.8 Å². The van der Waals surface area contributed by atoms with Crippen LogP contribution in [0.2, 0.25) is 0 Å². The summed E-state index contributed by atoms with van der Waals surface area (Å²) in [5.74, 6) is 0.446. The molecule has 3 aromatic heterocycles. The zero-order valence-corrected chi connectivity index (χ0v) is 15.0. The van der Waals surface area contributed by atoms with Gasteiger partial charge in [0.15, 0.2) is 5.58 Å². The molecule has 0 spiro atoms. The molecule has 5 rings (SSSR count). The van der Waals surface area contributed by atoms with Crippen molar-refractivity contribution in [2.24, 2.45) is 7.05 Å². The second-order valence-corrected chi connectivity index (χ2v) is 6.66. The Morgan fingerprint density at radius 1 is 1.00 bits per heavy atom. The first-order chi connectivity index (χ1) is 13.1. The monoisotopic (exact) mass is 358 g/mol. The van der Waals surface area contributed by atoms with Gasteiger partial charge in [0.25, 0.3) is 5.82 Å². The summed E-state index contributed by atoms with van der Waals surface area (Å²) in [4.78, 5) is 3.92. The number of nitrogens with zero attached hydrogens (tertiary/aromatic N) is 3. The van der Waals surface area contributed by atoms with Gasteiger partial charge in [-0.05, 0) is 36.8 Å². The van der Waals surface area contributed by atoms with E-state index in [0.717, 1.165) is 39.0 Å². The Bertz CT molecular complexity index is 1300. The summed E-state index contributed by atoms with van der Waals surface area (Å²) in [5, 5.41) is 1.74. The smallest absolute Gasteiger partial charge is 0.297 e. The number of hydrogen-bond acceptors (Lipinski definition) is 2. The van der Waals surface area contributed by atoms with Crippen LogP contribution >= 0.6 is 0 Å². The Hall–Kier alpha value is -3.47. The number of rotatable bonds is 2. The van der Waals surface area contributed by atoms with Gasteiger partial charge in [0.05, 0.1) is 7.05 Å². The van der Waals surface area contributed by atoms with E-state index in [0.29, 0.717) is 5.71 Å². The first-order valence-corrected chi connectivity index (χ1v) is 8.74. The normalized spacial score (nSPS) is 11.5. The lowest BCUT2D eigenvalue weighted by molar-refractivity contribution is -0.659. The number of aryl methyl sites for hydroxylation is 2. The Labute approximate surface area is 155 Å². The largest absolute Gasteiger partial charge is 0.437 e. The van der Waals surface area contributed by atoms with E-state index >= 15 is 0 Å². The van der Waals surface area contributed by atoms with E-state index in [9.17, 15) is 4.39 Å². The molecule has 0 saturated heterocycles. The number of fused-ring (bicyclic) bond motifs is 3. The van der Waals surface area contributed by atoms with E-state index in [1.807, 2.05) is 43.7 Å². The van der Waals surface area contributed by atoms with Gasteiger partial charge in [-0.2, -0.15) is 13.9 Å². The molecule has 0 N–H and O–H groups in total. The van der Waals surface area contributed by atoms with E-state index in [4.69, 9.17) is 4.42 Å². The van der Waals surface area contributed by atoms with Crippen molar-refractivity contribution in [2.45, 2.75) is 6.92 Å². The van der Waals surface area contributed by atoms with Crippen LogP contribution in [0.15, 0.2) is 71.4 Å². The number of pyridine rings is 1. The Morgan fingerprint density at radius 2 is 1.78 bits per heavy atom. The summed E-state index contributed by atoms with van der Waals surface area (Å²) in [5.41, 5.74) is 4.15. The molecule has 0 unspecified atom stereocenters. The maximum absolute atomic E-state index is 13.6. The highest BCUT2D eigenvalue weighted by Gasteiger charge is 2.26. The SMILES string of the molecule is Cc1ccc2c(oc3nc(F)ccc32)c1-c1n(-c2ccccc2)cc[n+]1C. The molecule has 0 atom stereocenters. The molecule has 5 aromatic rings. The van der Waals surface area contributed by atoms with Crippen LogP contribution in [0.25, 0.3) is 39.1 Å². The molecule has 0 fully saturated rings. The van der Waals surface area contributed by atoms with Crippen molar-refractivity contribution in [3.05, 3.63) is 78.5 Å². The van der Waals surface area contributed by atoms with Gasteiger partial charge in [0, 0.05) is 10.8 Å². The molecule has 0 aliphatic rings. The zero-order chi connectivity index (χ0) is 18.5. The summed E-state index contributed by atoms with van der Waals surface area (Å²) in [6, 6.07) is 17.3. The van der Waals surface area contributed by atoms with Gasteiger partial charge in [-0.15, -0.1) is 0 Å². The summed E-state index contributed by atoms with van der Waals surface area (Å²) in [6.07, 6.45) is 4.05. The van der Waals surface area contributed by atoms with E-state index in [-0.39, 0.29) is 0 Å². The third-order valence-electron chi connectivity index (χ3n) is 4.94. The number of para-hydroxylation sites is 1. The molecule has 132 valence electrons. The van der Waals surface area contributed by atoms with Crippen LogP contribution in [-0.4, -0.2) is 9.55 Å². The van der Waals surface area contributed by atoms with Crippen molar-refractivity contribution in [3.63, 3.8) is 0 Å². The highest BCUT2D eigenvalue weighted by molar-refractivity contribution is 6.08. The molecule has 0 amide bonds. The van der Waals surface area contributed by atoms with Crippen LogP contribution in [0.1, 0.15) is 5.56 Å². The molecule has 0 aliphatic heterocycles. The molecule has 0 aliphatic carbocycles. The molecule has 27 heavy (non-hydrogen) atoms. The number of benzene rings is 2. The molecular weight excluding hydrogens is 341 g/mol. The Kier molecular flexibility index (Phi) is 3.37. The van der Waals surface area contributed by atoms with E-state index < -0.39 is 5.95 Å². The lowest BCUT2D eigenvalue weighted by Gasteiger charge is -2.06. The van der Waals surface area contributed by atoms with Gasteiger partial charge >= 0.3 is 0 Å². The maximum Gasteiger partial charge on any atom is 0.297 e. The predicted molar refractivity (Wildman–Crippen MR) is 102 cm³/mol. The van der Waals surface area contributed by atoms with Crippen molar-refractivity contribution in [2.75, 3.05) is 0 Å². The third kappa shape index (κ3) is 2.35. The van der Waals surface area contributed by atoms with E-state index in [2.05, 4.69) is 39.2 Å². The standard InChI is InChI=1S/C22H17FN3O/c1-14-8-9-16-17-10-11-18(23)24-21(17)27-20(16)19(14)22-25(2)12-13-26(22)15-6-4-3-5-7-15/h3-13H,1-2H3/q+1. The van der Waals surface area contributed by atoms with Crippen molar-refractivity contribution >= 4 is 22.1 Å². The minimum absolute atomic E-state index is 0.317. The van der Waals surface area contributed by atoms with Crippen molar-refractivity contribution in [3.8, 4) is 17.1 Å². The fourth-order valence-corrected chi connectivity index (χ4v) is 3.65. The fourth-order valence-electron chi connectivity index (χ4n) is 3.65. The predicted octanol–water partition coefficient (Wildman–Crippen LogP) is 4.71. The first-order valence-electron chi connectivity index (χ1n) is 8.74. The minimum Gasteiger partial charge on any atom is -0.437 e. The Balaban J connectivity index is 1.88.